The highest BCUT2D eigenvalue weighted by molar-refractivity contribution is 5.38. The van der Waals surface area contributed by atoms with Crippen LogP contribution in [0.2, 0.25) is 0 Å². The number of benzene rings is 2. The van der Waals surface area contributed by atoms with Crippen molar-refractivity contribution < 1.29 is 8.78 Å². The molecule has 1 atom stereocenters. The van der Waals surface area contributed by atoms with Gasteiger partial charge in [0.25, 0.3) is 0 Å². The van der Waals surface area contributed by atoms with Crippen LogP contribution in [0.15, 0.2) is 42.5 Å². The Balaban J connectivity index is 2.50. The van der Waals surface area contributed by atoms with Crippen molar-refractivity contribution in [1.82, 2.24) is 0 Å². The molecule has 0 heterocycles. The third kappa shape index (κ3) is 2.27. The Morgan fingerprint density at radius 3 is 2.28 bits per heavy atom. The fourth-order valence-electron chi connectivity index (χ4n) is 1.89. The Morgan fingerprint density at radius 2 is 1.67 bits per heavy atom. The van der Waals surface area contributed by atoms with Crippen LogP contribution in [0, 0.1) is 18.6 Å². The molecule has 1 nitrogen and oxygen atoms in total. The summed E-state index contributed by atoms with van der Waals surface area (Å²) in [4.78, 5) is 0. The summed E-state index contributed by atoms with van der Waals surface area (Å²) in [6.45, 7) is 3.43. The molecule has 0 aliphatic carbocycles. The van der Waals surface area contributed by atoms with Crippen molar-refractivity contribution in [3.05, 3.63) is 70.8 Å². The highest BCUT2D eigenvalue weighted by Gasteiger charge is 2.24. The molecule has 18 heavy (non-hydrogen) atoms. The Labute approximate surface area is 105 Å². The molecule has 0 aliphatic rings. The first kappa shape index (κ1) is 12.7. The predicted octanol–water partition coefficient (Wildman–Crippen LogP) is 3.50. The van der Waals surface area contributed by atoms with Gasteiger partial charge in [-0.1, -0.05) is 24.3 Å². The van der Waals surface area contributed by atoms with Crippen molar-refractivity contribution >= 4 is 0 Å². The van der Waals surface area contributed by atoms with Gasteiger partial charge in [-0.2, -0.15) is 0 Å². The van der Waals surface area contributed by atoms with Gasteiger partial charge in [0.2, 0.25) is 0 Å². The van der Waals surface area contributed by atoms with E-state index in [9.17, 15) is 8.78 Å². The van der Waals surface area contributed by atoms with Gasteiger partial charge < -0.3 is 5.73 Å². The van der Waals surface area contributed by atoms with E-state index in [4.69, 9.17) is 5.73 Å². The summed E-state index contributed by atoms with van der Waals surface area (Å²) < 4.78 is 26.8. The smallest absolute Gasteiger partial charge is 0.126 e. The van der Waals surface area contributed by atoms with Crippen molar-refractivity contribution in [1.29, 1.82) is 0 Å². The molecule has 0 saturated heterocycles. The standard InChI is InChI=1S/C15H15F2N/c1-10-6-7-12(9-14(10)17)15(2,18)11-4-3-5-13(16)8-11/h3-9H,18H2,1-2H3. The zero-order chi connectivity index (χ0) is 13.3. The third-order valence-corrected chi connectivity index (χ3v) is 3.20. The number of nitrogens with two attached hydrogens (primary N) is 1. The van der Waals surface area contributed by atoms with Crippen molar-refractivity contribution in [2.45, 2.75) is 19.4 Å². The van der Waals surface area contributed by atoms with Crippen molar-refractivity contribution in [2.75, 3.05) is 0 Å². The maximum Gasteiger partial charge on any atom is 0.126 e. The molecule has 0 saturated carbocycles. The Kier molecular flexibility index (Phi) is 3.18. The molecule has 0 aliphatic heterocycles. The molecule has 0 radical (unpaired) electrons. The molecule has 0 amide bonds. The molecule has 2 aromatic rings. The average molecular weight is 247 g/mol. The Morgan fingerprint density at radius 1 is 1.00 bits per heavy atom. The van der Waals surface area contributed by atoms with Gasteiger partial charge in [-0.25, -0.2) is 8.78 Å². The summed E-state index contributed by atoms with van der Waals surface area (Å²) in [5, 5.41) is 0. The lowest BCUT2D eigenvalue weighted by Gasteiger charge is -2.26. The van der Waals surface area contributed by atoms with E-state index in [1.807, 2.05) is 0 Å². The second-order valence-electron chi connectivity index (χ2n) is 4.68. The molecule has 2 rings (SSSR count). The first-order valence-corrected chi connectivity index (χ1v) is 5.73. The number of hydrogen-bond donors (Lipinski definition) is 1. The molecule has 0 spiro atoms. The second kappa shape index (κ2) is 4.50. The minimum Gasteiger partial charge on any atom is -0.318 e. The van der Waals surface area contributed by atoms with Gasteiger partial charge in [-0.15, -0.1) is 0 Å². The Bertz CT molecular complexity index is 576. The first-order chi connectivity index (χ1) is 8.41. The summed E-state index contributed by atoms with van der Waals surface area (Å²) >= 11 is 0. The number of hydrogen-bond acceptors (Lipinski definition) is 1. The van der Waals surface area contributed by atoms with Crippen LogP contribution in [0.3, 0.4) is 0 Å². The lowest BCUT2D eigenvalue weighted by molar-refractivity contribution is 0.567. The van der Waals surface area contributed by atoms with Gasteiger partial charge in [0.05, 0.1) is 5.54 Å². The SMILES string of the molecule is Cc1ccc(C(C)(N)c2cccc(F)c2)cc1F. The first-order valence-electron chi connectivity index (χ1n) is 5.73. The maximum absolute atomic E-state index is 13.6. The molecule has 3 heteroatoms. The van der Waals surface area contributed by atoms with E-state index >= 15 is 0 Å². The van der Waals surface area contributed by atoms with Crippen LogP contribution in [0.5, 0.6) is 0 Å². The summed E-state index contributed by atoms with van der Waals surface area (Å²) in [6, 6.07) is 10.9. The van der Waals surface area contributed by atoms with Crippen LogP contribution < -0.4 is 5.73 Å². The summed E-state index contributed by atoms with van der Waals surface area (Å²) in [6.07, 6.45) is 0. The molecule has 2 N–H and O–H groups in total. The Hall–Kier alpha value is -1.74. The highest BCUT2D eigenvalue weighted by Crippen LogP contribution is 2.28. The average Bonchev–Trinajstić information content (AvgIpc) is 2.32. The zero-order valence-electron chi connectivity index (χ0n) is 10.4. The zero-order valence-corrected chi connectivity index (χ0v) is 10.4. The van der Waals surface area contributed by atoms with E-state index < -0.39 is 5.54 Å². The van der Waals surface area contributed by atoms with Crippen molar-refractivity contribution in [3.8, 4) is 0 Å². The fourth-order valence-corrected chi connectivity index (χ4v) is 1.89. The van der Waals surface area contributed by atoms with Crippen molar-refractivity contribution in [3.63, 3.8) is 0 Å². The quantitative estimate of drug-likeness (QED) is 0.863. The van der Waals surface area contributed by atoms with Crippen LogP contribution in [0.25, 0.3) is 0 Å². The molecule has 1 unspecified atom stereocenters. The molecule has 0 bridgehead atoms. The fraction of sp³-hybridized carbons (Fsp3) is 0.200. The van der Waals surface area contributed by atoms with Gasteiger partial charge in [-0.05, 0) is 48.7 Å². The predicted molar refractivity (Wildman–Crippen MR) is 68.2 cm³/mol. The van der Waals surface area contributed by atoms with Gasteiger partial charge in [0.15, 0.2) is 0 Å². The highest BCUT2D eigenvalue weighted by atomic mass is 19.1. The third-order valence-electron chi connectivity index (χ3n) is 3.20. The normalized spacial score (nSPS) is 14.3. The van der Waals surface area contributed by atoms with Crippen LogP contribution in [0.1, 0.15) is 23.6 Å². The van der Waals surface area contributed by atoms with E-state index in [2.05, 4.69) is 0 Å². The molecular weight excluding hydrogens is 232 g/mol. The molecule has 94 valence electrons. The summed E-state index contributed by atoms with van der Waals surface area (Å²) in [5.74, 6) is -0.655. The number of rotatable bonds is 2. The second-order valence-corrected chi connectivity index (χ2v) is 4.68. The van der Waals surface area contributed by atoms with Gasteiger partial charge in [-0.3, -0.25) is 0 Å². The summed E-state index contributed by atoms with van der Waals surface area (Å²) in [5.41, 5.74) is 7.10. The van der Waals surface area contributed by atoms with E-state index in [1.54, 1.807) is 38.1 Å². The van der Waals surface area contributed by atoms with Crippen LogP contribution >= 0.6 is 0 Å². The molecule has 0 aromatic heterocycles. The maximum atomic E-state index is 13.6. The van der Waals surface area contributed by atoms with Gasteiger partial charge in [0.1, 0.15) is 11.6 Å². The van der Waals surface area contributed by atoms with E-state index in [1.165, 1.54) is 18.2 Å². The molecule has 2 aromatic carbocycles. The topological polar surface area (TPSA) is 26.0 Å². The van der Waals surface area contributed by atoms with Gasteiger partial charge in [0, 0.05) is 0 Å². The largest absolute Gasteiger partial charge is 0.318 e. The molecule has 0 fully saturated rings. The molecular formula is C15H15F2N. The van der Waals surface area contributed by atoms with Crippen LogP contribution in [0.4, 0.5) is 8.78 Å². The monoisotopic (exact) mass is 247 g/mol. The number of halogens is 2. The van der Waals surface area contributed by atoms with Crippen LogP contribution in [-0.4, -0.2) is 0 Å². The summed E-state index contributed by atoms with van der Waals surface area (Å²) in [7, 11) is 0. The van der Waals surface area contributed by atoms with Gasteiger partial charge >= 0.3 is 0 Å². The number of aryl methyl sites for hydroxylation is 1. The van der Waals surface area contributed by atoms with Crippen molar-refractivity contribution in [2.24, 2.45) is 5.73 Å². The lowest BCUT2D eigenvalue weighted by Crippen LogP contribution is -2.34. The van der Waals surface area contributed by atoms with Crippen LogP contribution in [-0.2, 0) is 5.54 Å². The van der Waals surface area contributed by atoms with E-state index in [-0.39, 0.29) is 11.6 Å². The minimum atomic E-state index is -0.920. The lowest BCUT2D eigenvalue weighted by atomic mass is 9.85. The van der Waals surface area contributed by atoms with E-state index in [0.29, 0.717) is 16.7 Å². The minimum absolute atomic E-state index is 0.305. The van der Waals surface area contributed by atoms with E-state index in [0.717, 1.165) is 0 Å².